The van der Waals surface area contributed by atoms with Crippen LogP contribution >= 0.6 is 0 Å². The van der Waals surface area contributed by atoms with Crippen molar-refractivity contribution >= 4 is 5.91 Å². The monoisotopic (exact) mass is 395 g/mol. The van der Waals surface area contributed by atoms with Crippen LogP contribution in [0.1, 0.15) is 54.9 Å². The van der Waals surface area contributed by atoms with Gasteiger partial charge in [0.25, 0.3) is 5.91 Å². The summed E-state index contributed by atoms with van der Waals surface area (Å²) in [6.07, 6.45) is 5.38. The summed E-state index contributed by atoms with van der Waals surface area (Å²) < 4.78 is 11.7. The number of carbonyl (C=O) groups is 1. The number of nitrogens with zero attached hydrogens (tertiary/aromatic N) is 1. The van der Waals surface area contributed by atoms with E-state index in [1.807, 2.05) is 47.4 Å². The molecule has 2 aromatic rings. The van der Waals surface area contributed by atoms with Crippen LogP contribution in [0.5, 0.6) is 5.75 Å². The normalized spacial score (nSPS) is 14.7. The number of ether oxygens (including phenoxy) is 2. The zero-order valence-corrected chi connectivity index (χ0v) is 17.5. The maximum absolute atomic E-state index is 12.9. The first kappa shape index (κ1) is 21.4. The van der Waals surface area contributed by atoms with Gasteiger partial charge in [-0.25, -0.2) is 0 Å². The van der Waals surface area contributed by atoms with Gasteiger partial charge in [-0.3, -0.25) is 4.79 Å². The van der Waals surface area contributed by atoms with Crippen molar-refractivity contribution in [2.24, 2.45) is 5.92 Å². The Morgan fingerprint density at radius 1 is 1.03 bits per heavy atom. The largest absolute Gasteiger partial charge is 0.494 e. The Hall–Kier alpha value is -2.33. The van der Waals surface area contributed by atoms with E-state index in [2.05, 4.69) is 19.1 Å². The van der Waals surface area contributed by atoms with Gasteiger partial charge in [0.2, 0.25) is 0 Å². The van der Waals surface area contributed by atoms with Crippen LogP contribution in [0, 0.1) is 5.92 Å². The van der Waals surface area contributed by atoms with Crippen molar-refractivity contribution in [2.45, 2.75) is 45.6 Å². The molecule has 0 saturated carbocycles. The maximum atomic E-state index is 12.9. The number of carbonyl (C=O) groups excluding carboxylic acids is 1. The molecule has 1 saturated heterocycles. The van der Waals surface area contributed by atoms with Crippen molar-refractivity contribution < 1.29 is 14.3 Å². The highest BCUT2D eigenvalue weighted by Gasteiger charge is 2.24. The van der Waals surface area contributed by atoms with Gasteiger partial charge in [0.05, 0.1) is 13.2 Å². The smallest absolute Gasteiger partial charge is 0.253 e. The highest BCUT2D eigenvalue weighted by Crippen LogP contribution is 2.21. The topological polar surface area (TPSA) is 38.8 Å². The molecule has 0 unspecified atom stereocenters. The Morgan fingerprint density at radius 2 is 1.83 bits per heavy atom. The molecular formula is C25H33NO3. The van der Waals surface area contributed by atoms with Crippen LogP contribution in [0.2, 0.25) is 0 Å². The second kappa shape index (κ2) is 11.6. The molecule has 2 aromatic carbocycles. The van der Waals surface area contributed by atoms with Gasteiger partial charge in [-0.05, 0) is 48.9 Å². The first-order valence-electron chi connectivity index (χ1n) is 10.9. The van der Waals surface area contributed by atoms with Gasteiger partial charge in [-0.2, -0.15) is 0 Å². The van der Waals surface area contributed by atoms with Crippen LogP contribution in [0.25, 0.3) is 0 Å². The molecule has 1 aliphatic rings. The average Bonchev–Trinajstić information content (AvgIpc) is 2.78. The number of unbranched alkanes of at least 4 members (excludes halogenated alkanes) is 2. The quantitative estimate of drug-likeness (QED) is 0.511. The fourth-order valence-corrected chi connectivity index (χ4v) is 3.66. The van der Waals surface area contributed by atoms with Crippen LogP contribution < -0.4 is 4.74 Å². The van der Waals surface area contributed by atoms with Gasteiger partial charge in [0.1, 0.15) is 5.75 Å². The lowest BCUT2D eigenvalue weighted by Gasteiger charge is -2.32. The molecule has 0 aliphatic carbocycles. The van der Waals surface area contributed by atoms with E-state index in [1.54, 1.807) is 0 Å². The van der Waals surface area contributed by atoms with E-state index < -0.39 is 0 Å². The number of hydrogen-bond donors (Lipinski definition) is 0. The van der Waals surface area contributed by atoms with Gasteiger partial charge in [-0.15, -0.1) is 0 Å². The molecule has 29 heavy (non-hydrogen) atoms. The lowest BCUT2D eigenvalue weighted by Crippen LogP contribution is -2.39. The van der Waals surface area contributed by atoms with Crippen LogP contribution in [-0.4, -0.2) is 37.1 Å². The second-order valence-corrected chi connectivity index (χ2v) is 7.82. The van der Waals surface area contributed by atoms with Crippen LogP contribution in [-0.2, 0) is 11.3 Å². The number of amides is 1. The Kier molecular flexibility index (Phi) is 8.57. The molecule has 1 amide bonds. The summed E-state index contributed by atoms with van der Waals surface area (Å²) in [6.45, 7) is 5.89. The van der Waals surface area contributed by atoms with E-state index in [4.69, 9.17) is 9.47 Å². The molecule has 1 fully saturated rings. The van der Waals surface area contributed by atoms with Crippen LogP contribution in [0.15, 0.2) is 54.6 Å². The molecule has 0 bridgehead atoms. The van der Waals surface area contributed by atoms with Crippen molar-refractivity contribution in [2.75, 3.05) is 26.3 Å². The fourth-order valence-electron chi connectivity index (χ4n) is 3.66. The van der Waals surface area contributed by atoms with E-state index in [0.29, 0.717) is 19.1 Å². The molecule has 1 aliphatic heterocycles. The molecule has 1 heterocycles. The molecule has 156 valence electrons. The third kappa shape index (κ3) is 6.90. The lowest BCUT2D eigenvalue weighted by molar-refractivity contribution is 0.0478. The third-order valence-electron chi connectivity index (χ3n) is 5.46. The summed E-state index contributed by atoms with van der Waals surface area (Å²) in [6, 6.07) is 17.9. The van der Waals surface area contributed by atoms with Gasteiger partial charge < -0.3 is 14.4 Å². The molecule has 0 N–H and O–H groups in total. The summed E-state index contributed by atoms with van der Waals surface area (Å²) in [5.74, 6) is 1.42. The zero-order valence-electron chi connectivity index (χ0n) is 17.5. The first-order chi connectivity index (χ1) is 14.3. The predicted octanol–water partition coefficient (Wildman–Crippen LogP) is 5.32. The van der Waals surface area contributed by atoms with Gasteiger partial charge >= 0.3 is 0 Å². The van der Waals surface area contributed by atoms with E-state index in [0.717, 1.165) is 50.3 Å². The SMILES string of the molecule is CCCCCOc1cccc(C(=O)N2CCC(COCc3ccccc3)CC2)c1. The van der Waals surface area contributed by atoms with E-state index in [9.17, 15) is 4.79 Å². The highest BCUT2D eigenvalue weighted by molar-refractivity contribution is 5.94. The number of likely N-dealkylation sites (tertiary alicyclic amines) is 1. The van der Waals surface area contributed by atoms with E-state index >= 15 is 0 Å². The average molecular weight is 396 g/mol. The first-order valence-corrected chi connectivity index (χ1v) is 10.9. The number of rotatable bonds is 10. The Balaban J connectivity index is 1.41. The molecule has 4 nitrogen and oxygen atoms in total. The van der Waals surface area contributed by atoms with Crippen molar-refractivity contribution in [1.29, 1.82) is 0 Å². The van der Waals surface area contributed by atoms with Crippen LogP contribution in [0.4, 0.5) is 0 Å². The number of hydrogen-bond acceptors (Lipinski definition) is 3. The van der Waals surface area contributed by atoms with Gasteiger partial charge in [0, 0.05) is 25.3 Å². The van der Waals surface area contributed by atoms with Crippen molar-refractivity contribution in [3.05, 3.63) is 65.7 Å². The minimum absolute atomic E-state index is 0.104. The van der Waals surface area contributed by atoms with E-state index in [-0.39, 0.29) is 5.91 Å². The second-order valence-electron chi connectivity index (χ2n) is 7.82. The maximum Gasteiger partial charge on any atom is 0.253 e. The molecule has 0 atom stereocenters. The van der Waals surface area contributed by atoms with E-state index in [1.165, 1.54) is 18.4 Å². The van der Waals surface area contributed by atoms with Crippen molar-refractivity contribution in [3.63, 3.8) is 0 Å². The predicted molar refractivity (Wildman–Crippen MR) is 116 cm³/mol. The van der Waals surface area contributed by atoms with Crippen molar-refractivity contribution in [1.82, 2.24) is 4.90 Å². The third-order valence-corrected chi connectivity index (χ3v) is 5.46. The molecule has 0 spiro atoms. The molecular weight excluding hydrogens is 362 g/mol. The van der Waals surface area contributed by atoms with Crippen molar-refractivity contribution in [3.8, 4) is 5.75 Å². The minimum Gasteiger partial charge on any atom is -0.494 e. The molecule has 3 rings (SSSR count). The Morgan fingerprint density at radius 3 is 2.59 bits per heavy atom. The minimum atomic E-state index is 0.104. The fraction of sp³-hybridized carbons (Fsp3) is 0.480. The lowest BCUT2D eigenvalue weighted by atomic mass is 9.97. The highest BCUT2D eigenvalue weighted by atomic mass is 16.5. The summed E-state index contributed by atoms with van der Waals surface area (Å²) in [7, 11) is 0. The summed E-state index contributed by atoms with van der Waals surface area (Å²) in [5, 5.41) is 0. The van der Waals surface area contributed by atoms with Gasteiger partial charge in [-0.1, -0.05) is 56.2 Å². The Labute approximate surface area is 174 Å². The van der Waals surface area contributed by atoms with Crippen LogP contribution in [0.3, 0.4) is 0 Å². The molecule has 0 radical (unpaired) electrons. The number of piperidine rings is 1. The summed E-state index contributed by atoms with van der Waals surface area (Å²) in [4.78, 5) is 14.8. The summed E-state index contributed by atoms with van der Waals surface area (Å²) >= 11 is 0. The molecule has 0 aromatic heterocycles. The zero-order chi connectivity index (χ0) is 20.3. The number of benzene rings is 2. The molecule has 4 heteroatoms. The Bertz CT molecular complexity index is 739. The van der Waals surface area contributed by atoms with Gasteiger partial charge in [0.15, 0.2) is 0 Å². The summed E-state index contributed by atoms with van der Waals surface area (Å²) in [5.41, 5.74) is 1.92. The standard InChI is InChI=1S/C25H33NO3/c1-2-3-7-17-29-24-12-8-11-23(18-24)25(27)26-15-13-22(14-16-26)20-28-19-21-9-5-4-6-10-21/h4-6,8-12,18,22H,2-3,7,13-17,19-20H2,1H3.